The molecule has 3 amide bonds. The Labute approximate surface area is 202 Å². The van der Waals surface area contributed by atoms with E-state index in [1.165, 1.54) is 20.8 Å². The van der Waals surface area contributed by atoms with Crippen LogP contribution in [-0.2, 0) is 22.7 Å². The van der Waals surface area contributed by atoms with Gasteiger partial charge in [-0.05, 0) is 67.6 Å². The molecule has 1 atom stereocenters. The lowest BCUT2D eigenvalue weighted by Gasteiger charge is -2.32. The predicted molar refractivity (Wildman–Crippen MR) is 128 cm³/mol. The van der Waals surface area contributed by atoms with E-state index in [0.717, 1.165) is 38.0 Å². The van der Waals surface area contributed by atoms with Crippen molar-refractivity contribution in [3.63, 3.8) is 0 Å². The molecule has 0 saturated carbocycles. The van der Waals surface area contributed by atoms with Gasteiger partial charge in [0.1, 0.15) is 11.9 Å². The van der Waals surface area contributed by atoms with Crippen molar-refractivity contribution in [3.8, 4) is 0 Å². The monoisotopic (exact) mass is 484 g/mol. The number of nitrogens with zero attached hydrogens (tertiary/aromatic N) is 3. The Morgan fingerprint density at radius 3 is 2.56 bits per heavy atom. The van der Waals surface area contributed by atoms with Crippen molar-refractivity contribution in [1.29, 1.82) is 0 Å². The van der Waals surface area contributed by atoms with E-state index >= 15 is 4.39 Å². The molecule has 0 aliphatic carbocycles. The Hall–Kier alpha value is -2.78. The molecule has 4 heterocycles. The number of anilines is 1. The highest BCUT2D eigenvalue weighted by Gasteiger charge is 2.40. The van der Waals surface area contributed by atoms with Gasteiger partial charge in [0.25, 0.3) is 5.91 Å². The molecule has 0 spiro atoms. The summed E-state index contributed by atoms with van der Waals surface area (Å²) in [7, 11) is 4.09. The molecule has 34 heavy (non-hydrogen) atoms. The summed E-state index contributed by atoms with van der Waals surface area (Å²) in [5.74, 6) is -1.33. The van der Waals surface area contributed by atoms with Gasteiger partial charge in [-0.3, -0.25) is 24.6 Å². The summed E-state index contributed by atoms with van der Waals surface area (Å²) >= 11 is 1.80. The molecular weight excluding hydrogens is 455 g/mol. The average molecular weight is 485 g/mol. The van der Waals surface area contributed by atoms with Crippen molar-refractivity contribution in [3.05, 3.63) is 51.7 Å². The van der Waals surface area contributed by atoms with Crippen molar-refractivity contribution in [2.24, 2.45) is 0 Å². The van der Waals surface area contributed by atoms with Crippen LogP contribution in [0.25, 0.3) is 0 Å². The number of imide groups is 1. The number of halogens is 1. The molecule has 1 aromatic carbocycles. The smallest absolute Gasteiger partial charge is 0.255 e. The van der Waals surface area contributed by atoms with E-state index in [0.29, 0.717) is 17.5 Å². The van der Waals surface area contributed by atoms with Crippen molar-refractivity contribution in [1.82, 2.24) is 15.1 Å². The number of hydrogen-bond donors (Lipinski definition) is 1. The summed E-state index contributed by atoms with van der Waals surface area (Å²) in [6, 6.07) is 6.82. The molecule has 3 aliphatic heterocycles. The first-order valence-corrected chi connectivity index (χ1v) is 12.6. The quantitative estimate of drug-likeness (QED) is 0.661. The zero-order valence-electron chi connectivity index (χ0n) is 19.5. The third-order valence-electron chi connectivity index (χ3n) is 7.14. The minimum absolute atomic E-state index is 0.113. The van der Waals surface area contributed by atoms with Gasteiger partial charge < -0.3 is 9.80 Å². The number of hydrogen-bond acceptors (Lipinski definition) is 6. The molecular formula is C25H29FN4O3S. The average Bonchev–Trinajstić information content (AvgIpc) is 3.39. The summed E-state index contributed by atoms with van der Waals surface area (Å²) < 4.78 is 15.1. The summed E-state index contributed by atoms with van der Waals surface area (Å²) in [6.45, 7) is 2.99. The lowest BCUT2D eigenvalue weighted by Crippen LogP contribution is -2.52. The maximum absolute atomic E-state index is 15.1. The first-order chi connectivity index (χ1) is 16.3. The minimum atomic E-state index is -0.683. The number of rotatable bonds is 5. The second-order valence-electron chi connectivity index (χ2n) is 9.62. The lowest BCUT2D eigenvalue weighted by atomic mass is 9.87. The zero-order valence-corrected chi connectivity index (χ0v) is 20.3. The van der Waals surface area contributed by atoms with Crippen LogP contribution >= 0.6 is 11.3 Å². The van der Waals surface area contributed by atoms with Crippen molar-refractivity contribution in [2.45, 2.75) is 50.7 Å². The topological polar surface area (TPSA) is 73.0 Å². The molecule has 1 N–H and O–H groups in total. The van der Waals surface area contributed by atoms with Gasteiger partial charge in [-0.1, -0.05) is 6.07 Å². The number of carbonyl (C=O) groups excluding carboxylic acids is 3. The molecule has 2 aromatic rings. The van der Waals surface area contributed by atoms with Crippen LogP contribution in [0.5, 0.6) is 0 Å². The fourth-order valence-electron chi connectivity index (χ4n) is 5.24. The Morgan fingerprint density at radius 2 is 1.88 bits per heavy atom. The SMILES string of the molecule is CN(C)c1ccc(CN2CCC(c3cc4c(cc3F)C(=O)N(C3CCC(=O)NC3=O)C4)CC2)s1. The van der Waals surface area contributed by atoms with Crippen LogP contribution in [0, 0.1) is 5.82 Å². The van der Waals surface area contributed by atoms with Gasteiger partial charge >= 0.3 is 0 Å². The number of fused-ring (bicyclic) bond motifs is 1. The first kappa shape index (κ1) is 23.0. The van der Waals surface area contributed by atoms with Gasteiger partial charge in [0.05, 0.1) is 5.00 Å². The van der Waals surface area contributed by atoms with E-state index in [4.69, 9.17) is 0 Å². The maximum atomic E-state index is 15.1. The summed E-state index contributed by atoms with van der Waals surface area (Å²) in [4.78, 5) is 44.0. The predicted octanol–water partition coefficient (Wildman–Crippen LogP) is 3.09. The summed E-state index contributed by atoms with van der Waals surface area (Å²) in [5.41, 5.74) is 1.77. The number of thiophene rings is 1. The Bertz CT molecular complexity index is 1140. The lowest BCUT2D eigenvalue weighted by molar-refractivity contribution is -0.136. The highest BCUT2D eigenvalue weighted by Crippen LogP contribution is 2.36. The molecule has 0 radical (unpaired) electrons. The van der Waals surface area contributed by atoms with Crippen LogP contribution < -0.4 is 10.2 Å². The minimum Gasteiger partial charge on any atom is -0.370 e. The standard InChI is InChI=1S/C25H29FN4O3S/c1-28(2)23-6-3-17(34-23)14-29-9-7-15(8-10-29)18-11-16-13-30(25(33)19(16)12-20(18)26)21-4-5-22(31)27-24(21)32/h3,6,11-12,15,21H,4-5,7-10,13-14H2,1-2H3,(H,27,31,32). The Kier molecular flexibility index (Phi) is 6.16. The van der Waals surface area contributed by atoms with Crippen LogP contribution in [0.4, 0.5) is 9.39 Å². The van der Waals surface area contributed by atoms with Crippen molar-refractivity contribution < 1.29 is 18.8 Å². The molecule has 9 heteroatoms. The number of amides is 3. The van der Waals surface area contributed by atoms with E-state index < -0.39 is 11.9 Å². The molecule has 1 unspecified atom stereocenters. The van der Waals surface area contributed by atoms with Gasteiger partial charge in [0, 0.05) is 44.0 Å². The fourth-order valence-corrected chi connectivity index (χ4v) is 6.21. The van der Waals surface area contributed by atoms with Crippen LogP contribution in [0.2, 0.25) is 0 Å². The van der Waals surface area contributed by atoms with Gasteiger partial charge in [-0.15, -0.1) is 11.3 Å². The molecule has 1 aromatic heterocycles. The fraction of sp³-hybridized carbons (Fsp3) is 0.480. The third kappa shape index (κ3) is 4.34. The van der Waals surface area contributed by atoms with Gasteiger partial charge in [0.2, 0.25) is 11.8 Å². The largest absolute Gasteiger partial charge is 0.370 e. The number of nitrogens with one attached hydrogen (secondary N) is 1. The Morgan fingerprint density at radius 1 is 1.12 bits per heavy atom. The number of carbonyl (C=O) groups is 3. The van der Waals surface area contributed by atoms with Gasteiger partial charge in [-0.25, -0.2) is 4.39 Å². The molecule has 0 bridgehead atoms. The van der Waals surface area contributed by atoms with E-state index in [1.54, 1.807) is 11.3 Å². The first-order valence-electron chi connectivity index (χ1n) is 11.8. The maximum Gasteiger partial charge on any atom is 0.255 e. The van der Waals surface area contributed by atoms with E-state index in [1.807, 2.05) is 20.2 Å². The number of benzene rings is 1. The third-order valence-corrected chi connectivity index (χ3v) is 8.37. The van der Waals surface area contributed by atoms with Crippen LogP contribution in [0.15, 0.2) is 24.3 Å². The van der Waals surface area contributed by atoms with E-state index in [9.17, 15) is 14.4 Å². The van der Waals surface area contributed by atoms with Crippen LogP contribution in [-0.4, -0.2) is 60.7 Å². The normalized spacial score (nSPS) is 21.7. The van der Waals surface area contributed by atoms with Crippen LogP contribution in [0.3, 0.4) is 0 Å². The van der Waals surface area contributed by atoms with E-state index in [2.05, 4.69) is 27.2 Å². The molecule has 180 valence electrons. The van der Waals surface area contributed by atoms with Crippen molar-refractivity contribution in [2.75, 3.05) is 32.1 Å². The summed E-state index contributed by atoms with van der Waals surface area (Å²) in [6.07, 6.45) is 2.24. The Balaban J connectivity index is 1.25. The molecule has 2 fully saturated rings. The second-order valence-corrected chi connectivity index (χ2v) is 10.8. The summed E-state index contributed by atoms with van der Waals surface area (Å²) in [5, 5.41) is 3.55. The second kappa shape index (κ2) is 9.11. The van der Waals surface area contributed by atoms with Gasteiger partial charge in [-0.2, -0.15) is 0 Å². The highest BCUT2D eigenvalue weighted by molar-refractivity contribution is 7.16. The number of piperidine rings is 2. The van der Waals surface area contributed by atoms with Gasteiger partial charge in [0.15, 0.2) is 0 Å². The molecule has 3 aliphatic rings. The highest BCUT2D eigenvalue weighted by atomic mass is 32.1. The molecule has 7 nitrogen and oxygen atoms in total. The molecule has 5 rings (SSSR count). The molecule has 2 saturated heterocycles. The number of likely N-dealkylation sites (tertiary alicyclic amines) is 1. The van der Waals surface area contributed by atoms with E-state index in [-0.39, 0.29) is 36.5 Å². The van der Waals surface area contributed by atoms with Crippen molar-refractivity contribution >= 4 is 34.1 Å². The van der Waals surface area contributed by atoms with Crippen LogP contribution in [0.1, 0.15) is 58.0 Å². The zero-order chi connectivity index (χ0) is 24.0.